The molecule has 4 heterocycles. The molecule has 1 amide bonds. The Kier molecular flexibility index (Phi) is 5.73. The van der Waals surface area contributed by atoms with Gasteiger partial charge in [0.15, 0.2) is 0 Å². The van der Waals surface area contributed by atoms with Gasteiger partial charge in [0.2, 0.25) is 5.82 Å². The Hall–Kier alpha value is -4.56. The molecule has 4 aromatic rings. The van der Waals surface area contributed by atoms with Crippen LogP contribution in [0.25, 0.3) is 33.8 Å². The number of carbonyl (C=O) groups is 1. The number of aliphatic hydroxyl groups excluding tert-OH is 1. The normalized spacial score (nSPS) is 19.9. The van der Waals surface area contributed by atoms with E-state index in [1.807, 2.05) is 16.7 Å². The lowest BCUT2D eigenvalue weighted by Gasteiger charge is -2.30. The van der Waals surface area contributed by atoms with Gasteiger partial charge >= 0.3 is 0 Å². The first-order valence-corrected chi connectivity index (χ1v) is 12.6. The molecular formula is C28H26FN7O3. The molecule has 2 atom stereocenters. The third-order valence-corrected chi connectivity index (χ3v) is 7.61. The van der Waals surface area contributed by atoms with Crippen molar-refractivity contribution in [1.82, 2.24) is 29.7 Å². The van der Waals surface area contributed by atoms with Crippen LogP contribution in [-0.2, 0) is 20.0 Å². The van der Waals surface area contributed by atoms with Gasteiger partial charge in [0.1, 0.15) is 22.8 Å². The number of fused-ring (bicyclic) bond motifs is 3. The number of rotatable bonds is 4. The molecule has 2 aliphatic rings. The molecular weight excluding hydrogens is 501 g/mol. The molecule has 0 radical (unpaired) electrons. The van der Waals surface area contributed by atoms with E-state index in [0.717, 1.165) is 27.9 Å². The number of amides is 1. The second kappa shape index (κ2) is 9.03. The molecule has 2 aromatic heterocycles. The van der Waals surface area contributed by atoms with Gasteiger partial charge in [-0.3, -0.25) is 4.79 Å². The van der Waals surface area contributed by atoms with Crippen molar-refractivity contribution in [2.24, 2.45) is 7.05 Å². The maximum Gasteiger partial charge on any atom is 0.271 e. The molecule has 11 heteroatoms. The number of aryl methyl sites for hydroxylation is 2. The summed E-state index contributed by atoms with van der Waals surface area (Å²) in [4.78, 5) is 16.8. The number of benzene rings is 2. The average molecular weight is 528 g/mol. The SMILES string of the molecule is COc1cc2c(cc1-c1nnn(C)n1)-c1c(-c3ccc(F)cc3)cc(C(=O)N3C[C@@H](O)C[C@]3(C)C#N)n1CC2. The second-order valence-electron chi connectivity index (χ2n) is 10.2. The molecule has 0 saturated carbocycles. The number of hydrogen-bond donors (Lipinski definition) is 1. The number of tetrazole rings is 1. The Labute approximate surface area is 223 Å². The highest BCUT2D eigenvalue weighted by molar-refractivity contribution is 5.99. The summed E-state index contributed by atoms with van der Waals surface area (Å²) in [6, 6.07) is 14.0. The lowest BCUT2D eigenvalue weighted by Crippen LogP contribution is -2.44. The van der Waals surface area contributed by atoms with Crippen molar-refractivity contribution < 1.29 is 19.0 Å². The van der Waals surface area contributed by atoms with Gasteiger partial charge in [0.05, 0.1) is 37.6 Å². The summed E-state index contributed by atoms with van der Waals surface area (Å²) in [6.07, 6.45) is 0.0364. The summed E-state index contributed by atoms with van der Waals surface area (Å²) in [5.74, 6) is 0.312. The van der Waals surface area contributed by atoms with E-state index in [-0.39, 0.29) is 24.7 Å². The van der Waals surface area contributed by atoms with Crippen molar-refractivity contribution in [1.29, 1.82) is 5.26 Å². The Morgan fingerprint density at radius 2 is 1.97 bits per heavy atom. The Balaban J connectivity index is 1.57. The van der Waals surface area contributed by atoms with Gasteiger partial charge < -0.3 is 19.3 Å². The number of aliphatic hydroxyl groups is 1. The van der Waals surface area contributed by atoms with E-state index in [2.05, 4.69) is 21.5 Å². The van der Waals surface area contributed by atoms with Crippen LogP contribution in [0, 0.1) is 17.1 Å². The zero-order chi connectivity index (χ0) is 27.5. The minimum Gasteiger partial charge on any atom is -0.496 e. The van der Waals surface area contributed by atoms with Crippen molar-refractivity contribution in [3.8, 4) is 45.6 Å². The highest BCUT2D eigenvalue weighted by Gasteiger charge is 2.46. The Morgan fingerprint density at radius 3 is 2.64 bits per heavy atom. The van der Waals surface area contributed by atoms with Crippen LogP contribution in [0.3, 0.4) is 0 Å². The molecule has 198 valence electrons. The van der Waals surface area contributed by atoms with Gasteiger partial charge in [-0.15, -0.1) is 10.2 Å². The molecule has 1 fully saturated rings. The van der Waals surface area contributed by atoms with Crippen LogP contribution in [0.5, 0.6) is 5.75 Å². The highest BCUT2D eigenvalue weighted by atomic mass is 19.1. The monoisotopic (exact) mass is 527 g/mol. The van der Waals surface area contributed by atoms with E-state index in [9.17, 15) is 19.6 Å². The smallest absolute Gasteiger partial charge is 0.271 e. The first kappa shape index (κ1) is 24.8. The molecule has 10 nitrogen and oxygen atoms in total. The number of aromatic nitrogens is 5. The number of nitrogens with zero attached hydrogens (tertiary/aromatic N) is 7. The van der Waals surface area contributed by atoms with Crippen molar-refractivity contribution >= 4 is 5.91 Å². The maximum atomic E-state index is 14.0. The topological polar surface area (TPSA) is 122 Å². The fraction of sp³-hybridized carbons (Fsp3) is 0.321. The zero-order valence-corrected chi connectivity index (χ0v) is 21.7. The van der Waals surface area contributed by atoms with Crippen LogP contribution in [0.1, 0.15) is 29.4 Å². The van der Waals surface area contributed by atoms with E-state index >= 15 is 0 Å². The van der Waals surface area contributed by atoms with Crippen molar-refractivity contribution in [3.05, 3.63) is 59.5 Å². The van der Waals surface area contributed by atoms with Gasteiger partial charge in [0, 0.05) is 30.6 Å². The van der Waals surface area contributed by atoms with Gasteiger partial charge in [0.25, 0.3) is 5.91 Å². The molecule has 6 rings (SSSR count). The average Bonchev–Trinajstić information content (AvgIpc) is 3.63. The van der Waals surface area contributed by atoms with E-state index in [0.29, 0.717) is 35.8 Å². The molecule has 0 spiro atoms. The first-order valence-electron chi connectivity index (χ1n) is 12.6. The Morgan fingerprint density at radius 1 is 1.21 bits per heavy atom. The van der Waals surface area contributed by atoms with Gasteiger partial charge in [-0.2, -0.15) is 10.1 Å². The third-order valence-electron chi connectivity index (χ3n) is 7.61. The van der Waals surface area contributed by atoms with Crippen LogP contribution < -0.4 is 4.74 Å². The number of halogens is 1. The predicted octanol–water partition coefficient (Wildman–Crippen LogP) is 3.21. The molecule has 0 bridgehead atoms. The number of likely N-dealkylation sites (tertiary alicyclic amines) is 1. The number of ether oxygens (including phenoxy) is 1. The summed E-state index contributed by atoms with van der Waals surface area (Å²) in [5, 5.41) is 32.6. The maximum absolute atomic E-state index is 14.0. The number of nitriles is 1. The minimum atomic E-state index is -1.12. The first-order chi connectivity index (χ1) is 18.7. The lowest BCUT2D eigenvalue weighted by molar-refractivity contribution is 0.0667. The predicted molar refractivity (Wildman–Crippen MR) is 139 cm³/mol. The number of methoxy groups -OCH3 is 1. The second-order valence-corrected chi connectivity index (χ2v) is 10.2. The third kappa shape index (κ3) is 3.95. The largest absolute Gasteiger partial charge is 0.496 e. The van der Waals surface area contributed by atoms with Crippen molar-refractivity contribution in [2.45, 2.75) is 38.0 Å². The van der Waals surface area contributed by atoms with Crippen LogP contribution in [0.15, 0.2) is 42.5 Å². The molecule has 2 aliphatic heterocycles. The van der Waals surface area contributed by atoms with Crippen LogP contribution in [0.2, 0.25) is 0 Å². The van der Waals surface area contributed by atoms with Crippen LogP contribution in [0.4, 0.5) is 4.39 Å². The van der Waals surface area contributed by atoms with Crippen molar-refractivity contribution in [2.75, 3.05) is 13.7 Å². The standard InChI is InChI=1S/C28H26FN7O3/c1-28(15-30)13-19(37)14-36(28)27(38)23-12-21(16-4-6-18(29)7-5-16)25-20-11-22(26-31-33-34(2)32-26)24(39-3)10-17(20)8-9-35(23)25/h4-7,10-12,19,37H,8-9,13-14H2,1-3H3/t19-,28+/m0/s1. The minimum absolute atomic E-state index is 0.0750. The molecule has 1 N–H and O–H groups in total. The summed E-state index contributed by atoms with van der Waals surface area (Å²) in [6.45, 7) is 2.26. The number of hydrogen-bond acceptors (Lipinski definition) is 7. The lowest BCUT2D eigenvalue weighted by atomic mass is 9.91. The summed E-state index contributed by atoms with van der Waals surface area (Å²) in [5.41, 5.74) is 4.10. The summed E-state index contributed by atoms with van der Waals surface area (Å²) >= 11 is 0. The summed E-state index contributed by atoms with van der Waals surface area (Å²) < 4.78 is 21.5. The fourth-order valence-electron chi connectivity index (χ4n) is 5.71. The number of carbonyl (C=O) groups excluding carboxylic acids is 1. The van der Waals surface area contributed by atoms with Gasteiger partial charge in [-0.05, 0) is 60.0 Å². The molecule has 0 unspecified atom stereocenters. The highest BCUT2D eigenvalue weighted by Crippen LogP contribution is 2.44. The fourth-order valence-corrected chi connectivity index (χ4v) is 5.71. The van der Waals surface area contributed by atoms with E-state index in [4.69, 9.17) is 4.74 Å². The Bertz CT molecular complexity index is 1650. The molecule has 1 saturated heterocycles. The zero-order valence-electron chi connectivity index (χ0n) is 21.7. The molecule has 2 aromatic carbocycles. The van der Waals surface area contributed by atoms with Gasteiger partial charge in [-0.25, -0.2) is 4.39 Å². The van der Waals surface area contributed by atoms with E-state index < -0.39 is 11.6 Å². The quantitative estimate of drug-likeness (QED) is 0.432. The van der Waals surface area contributed by atoms with E-state index in [1.165, 1.54) is 21.8 Å². The van der Waals surface area contributed by atoms with Crippen LogP contribution in [-0.4, -0.2) is 66.0 Å². The molecule has 39 heavy (non-hydrogen) atoms. The van der Waals surface area contributed by atoms with E-state index in [1.54, 1.807) is 39.3 Å². The number of β-amino-alcohol motifs (C(OH)–C–C–N with tert-alkyl or cyclic N) is 1. The molecule has 0 aliphatic carbocycles. The van der Waals surface area contributed by atoms with Crippen LogP contribution >= 0.6 is 0 Å². The van der Waals surface area contributed by atoms with Gasteiger partial charge in [-0.1, -0.05) is 12.1 Å². The van der Waals surface area contributed by atoms with Crippen molar-refractivity contribution in [3.63, 3.8) is 0 Å². The summed E-state index contributed by atoms with van der Waals surface area (Å²) in [7, 11) is 3.27.